The Morgan fingerprint density at radius 1 is 1.53 bits per heavy atom. The Hall–Kier alpha value is -1.17. The molecule has 0 amide bonds. The Balaban J connectivity index is 1.93. The highest BCUT2D eigenvalue weighted by Crippen LogP contribution is 2.27. The molecule has 1 heterocycles. The summed E-state index contributed by atoms with van der Waals surface area (Å²) in [5.74, 6) is -0.432. The van der Waals surface area contributed by atoms with Crippen molar-refractivity contribution in [3.8, 4) is 5.19 Å². The summed E-state index contributed by atoms with van der Waals surface area (Å²) in [5, 5.41) is 8.22. The van der Waals surface area contributed by atoms with Crippen LogP contribution >= 0.6 is 11.3 Å². The Bertz CT molecular complexity index is 349. The molecule has 0 radical (unpaired) electrons. The van der Waals surface area contributed by atoms with Crippen LogP contribution in [0, 0.1) is 0 Å². The smallest absolute Gasteiger partial charge is 0.369 e. The molecule has 6 heteroatoms. The van der Waals surface area contributed by atoms with Crippen LogP contribution in [0.3, 0.4) is 0 Å². The van der Waals surface area contributed by atoms with Crippen LogP contribution in [0.1, 0.15) is 36.0 Å². The topological polar surface area (TPSA) is 61.3 Å². The van der Waals surface area contributed by atoms with Gasteiger partial charge < -0.3 is 9.47 Å². The summed E-state index contributed by atoms with van der Waals surface area (Å²) in [6, 6.07) is 0. The van der Waals surface area contributed by atoms with Gasteiger partial charge in [0.25, 0.3) is 5.19 Å². The standard InChI is InChI=1S/C9H12N2O3S/c1-2-13-8(12)7-10-11-9(15-7)14-6-4-3-5-6/h6H,2-5H2,1H3. The first-order valence-electron chi connectivity index (χ1n) is 4.97. The highest BCUT2D eigenvalue weighted by atomic mass is 32.1. The zero-order chi connectivity index (χ0) is 10.7. The molecule has 1 saturated carbocycles. The number of rotatable bonds is 4. The minimum Gasteiger partial charge on any atom is -0.466 e. The molecule has 0 aromatic carbocycles. The van der Waals surface area contributed by atoms with Gasteiger partial charge in [-0.25, -0.2) is 4.79 Å². The fourth-order valence-corrected chi connectivity index (χ4v) is 1.82. The predicted molar refractivity (Wildman–Crippen MR) is 54.1 cm³/mol. The fraction of sp³-hybridized carbons (Fsp3) is 0.667. The molecule has 1 aromatic heterocycles. The Morgan fingerprint density at radius 3 is 2.93 bits per heavy atom. The van der Waals surface area contributed by atoms with E-state index in [4.69, 9.17) is 9.47 Å². The van der Waals surface area contributed by atoms with Crippen molar-refractivity contribution in [1.29, 1.82) is 0 Å². The lowest BCUT2D eigenvalue weighted by Gasteiger charge is -2.24. The van der Waals surface area contributed by atoms with Crippen LogP contribution in [0.25, 0.3) is 0 Å². The van der Waals surface area contributed by atoms with Gasteiger partial charge in [-0.3, -0.25) is 0 Å². The van der Waals surface area contributed by atoms with Crippen LogP contribution in [0.4, 0.5) is 0 Å². The average molecular weight is 228 g/mol. The van der Waals surface area contributed by atoms with Gasteiger partial charge in [-0.1, -0.05) is 5.10 Å². The summed E-state index contributed by atoms with van der Waals surface area (Å²) in [5.41, 5.74) is 0. The number of nitrogens with zero attached hydrogens (tertiary/aromatic N) is 2. The van der Waals surface area contributed by atoms with Crippen molar-refractivity contribution in [3.63, 3.8) is 0 Å². The van der Waals surface area contributed by atoms with Crippen LogP contribution in [0.5, 0.6) is 5.19 Å². The third-order valence-electron chi connectivity index (χ3n) is 2.18. The van der Waals surface area contributed by atoms with Crippen LogP contribution in [0.2, 0.25) is 0 Å². The minimum absolute atomic E-state index is 0.256. The molecule has 1 fully saturated rings. The lowest BCUT2D eigenvalue weighted by molar-refractivity contribution is 0.0525. The normalized spacial score (nSPS) is 15.8. The van der Waals surface area contributed by atoms with Crippen molar-refractivity contribution in [2.24, 2.45) is 0 Å². The zero-order valence-electron chi connectivity index (χ0n) is 8.43. The van der Waals surface area contributed by atoms with Gasteiger partial charge in [0.2, 0.25) is 5.01 Å². The van der Waals surface area contributed by atoms with Gasteiger partial charge in [0.05, 0.1) is 6.61 Å². The summed E-state index contributed by atoms with van der Waals surface area (Å²) >= 11 is 1.14. The first-order valence-corrected chi connectivity index (χ1v) is 5.78. The zero-order valence-corrected chi connectivity index (χ0v) is 9.25. The second-order valence-electron chi connectivity index (χ2n) is 3.26. The molecule has 0 spiro atoms. The number of esters is 1. The maximum Gasteiger partial charge on any atom is 0.369 e. The molecule has 1 aromatic rings. The van der Waals surface area contributed by atoms with E-state index >= 15 is 0 Å². The number of ether oxygens (including phenoxy) is 2. The van der Waals surface area contributed by atoms with Crippen molar-refractivity contribution >= 4 is 17.3 Å². The second kappa shape index (κ2) is 4.57. The summed E-state index contributed by atoms with van der Waals surface area (Å²) in [7, 11) is 0. The number of aromatic nitrogens is 2. The monoisotopic (exact) mass is 228 g/mol. The highest BCUT2D eigenvalue weighted by molar-refractivity contribution is 7.14. The van der Waals surface area contributed by atoms with E-state index in [1.807, 2.05) is 0 Å². The Labute approximate surface area is 91.4 Å². The summed E-state index contributed by atoms with van der Waals surface area (Å²) in [6.45, 7) is 2.10. The first kappa shape index (κ1) is 10.4. The quantitative estimate of drug-likeness (QED) is 0.733. The third kappa shape index (κ3) is 2.44. The van der Waals surface area contributed by atoms with E-state index in [0.29, 0.717) is 11.8 Å². The van der Waals surface area contributed by atoms with Crippen molar-refractivity contribution in [3.05, 3.63) is 5.01 Å². The highest BCUT2D eigenvalue weighted by Gasteiger charge is 2.22. The molecule has 0 unspecified atom stereocenters. The molecular formula is C9H12N2O3S. The van der Waals surface area contributed by atoms with Crippen LogP contribution in [-0.2, 0) is 4.74 Å². The maximum absolute atomic E-state index is 11.3. The molecule has 0 bridgehead atoms. The molecule has 1 aliphatic rings. The third-order valence-corrected chi connectivity index (χ3v) is 2.97. The Morgan fingerprint density at radius 2 is 2.33 bits per heavy atom. The van der Waals surface area contributed by atoms with Crippen molar-refractivity contribution < 1.29 is 14.3 Å². The van der Waals surface area contributed by atoms with E-state index in [-0.39, 0.29) is 11.1 Å². The molecule has 0 aliphatic heterocycles. The number of hydrogen-bond donors (Lipinski definition) is 0. The van der Waals surface area contributed by atoms with Gasteiger partial charge in [-0.15, -0.1) is 5.10 Å². The van der Waals surface area contributed by atoms with Crippen LogP contribution in [0.15, 0.2) is 0 Å². The predicted octanol–water partition coefficient (Wildman–Crippen LogP) is 1.65. The molecule has 82 valence electrons. The molecule has 15 heavy (non-hydrogen) atoms. The average Bonchev–Trinajstić information content (AvgIpc) is 2.60. The molecule has 5 nitrogen and oxygen atoms in total. The summed E-state index contributed by atoms with van der Waals surface area (Å²) in [4.78, 5) is 11.3. The van der Waals surface area contributed by atoms with Gasteiger partial charge in [0, 0.05) is 0 Å². The van der Waals surface area contributed by atoms with Gasteiger partial charge in [-0.2, -0.15) is 0 Å². The van der Waals surface area contributed by atoms with E-state index in [0.717, 1.165) is 24.2 Å². The molecule has 0 atom stereocenters. The maximum atomic E-state index is 11.3. The lowest BCUT2D eigenvalue weighted by atomic mass is 9.96. The van der Waals surface area contributed by atoms with Crippen LogP contribution < -0.4 is 4.74 Å². The van der Waals surface area contributed by atoms with Crippen molar-refractivity contribution in [1.82, 2.24) is 10.2 Å². The Kier molecular flexibility index (Phi) is 3.15. The number of carbonyl (C=O) groups is 1. The minimum atomic E-state index is -0.432. The van der Waals surface area contributed by atoms with Gasteiger partial charge >= 0.3 is 5.97 Å². The SMILES string of the molecule is CCOC(=O)c1nnc(OC2CCC2)s1. The molecular weight excluding hydrogens is 216 g/mol. The largest absolute Gasteiger partial charge is 0.466 e. The molecule has 2 rings (SSSR count). The van der Waals surface area contributed by atoms with Gasteiger partial charge in [-0.05, 0) is 37.5 Å². The van der Waals surface area contributed by atoms with Gasteiger partial charge in [0.15, 0.2) is 0 Å². The summed E-state index contributed by atoms with van der Waals surface area (Å²) < 4.78 is 10.3. The second-order valence-corrected chi connectivity index (χ2v) is 4.20. The summed E-state index contributed by atoms with van der Waals surface area (Å²) in [6.07, 6.45) is 3.59. The lowest BCUT2D eigenvalue weighted by Crippen LogP contribution is -2.24. The van der Waals surface area contributed by atoms with E-state index in [9.17, 15) is 4.79 Å². The molecule has 1 aliphatic carbocycles. The van der Waals surface area contributed by atoms with Crippen molar-refractivity contribution in [2.45, 2.75) is 32.3 Å². The van der Waals surface area contributed by atoms with E-state index in [1.165, 1.54) is 6.42 Å². The molecule has 0 N–H and O–H groups in total. The van der Waals surface area contributed by atoms with Gasteiger partial charge in [0.1, 0.15) is 6.10 Å². The number of hydrogen-bond acceptors (Lipinski definition) is 6. The van der Waals surface area contributed by atoms with E-state index in [2.05, 4.69) is 10.2 Å². The first-order chi connectivity index (χ1) is 7.29. The number of carbonyl (C=O) groups excluding carboxylic acids is 1. The fourth-order valence-electron chi connectivity index (χ4n) is 1.16. The van der Waals surface area contributed by atoms with E-state index < -0.39 is 5.97 Å². The van der Waals surface area contributed by atoms with Crippen molar-refractivity contribution in [2.75, 3.05) is 6.61 Å². The van der Waals surface area contributed by atoms with Crippen LogP contribution in [-0.4, -0.2) is 28.9 Å². The van der Waals surface area contributed by atoms with E-state index in [1.54, 1.807) is 6.92 Å². The molecule has 0 saturated heterocycles.